The minimum absolute atomic E-state index is 0.177. The summed E-state index contributed by atoms with van der Waals surface area (Å²) in [5.74, 6) is -0.247. The van der Waals surface area contributed by atoms with Crippen LogP contribution in [0.15, 0.2) is 0 Å². The van der Waals surface area contributed by atoms with Crippen LogP contribution >= 0.6 is 0 Å². The van der Waals surface area contributed by atoms with E-state index in [4.69, 9.17) is 5.73 Å². The van der Waals surface area contributed by atoms with Crippen LogP contribution in [0.4, 0.5) is 0 Å². The van der Waals surface area contributed by atoms with Gasteiger partial charge in [-0.1, -0.05) is 13.8 Å². The largest absolute Gasteiger partial charge is 0.368 e. The number of carbonyl (C=O) groups excluding carboxylic acids is 1. The molecular weight excluding hydrogens is 178 g/mol. The van der Waals surface area contributed by atoms with Crippen molar-refractivity contribution >= 4 is 5.91 Å². The van der Waals surface area contributed by atoms with Crippen molar-refractivity contribution in [2.45, 2.75) is 32.7 Å². The van der Waals surface area contributed by atoms with Gasteiger partial charge in [-0.3, -0.25) is 4.79 Å². The predicted octanol–water partition coefficient (Wildman–Crippen LogP) is 0.182. The molecule has 3 N–H and O–H groups in total. The number of amides is 1. The number of rotatable bonds is 8. The van der Waals surface area contributed by atoms with Gasteiger partial charge in [0, 0.05) is 0 Å². The number of carbonyl (C=O) groups is 1. The number of primary amides is 1. The smallest absolute Gasteiger partial charge is 0.234 e. The number of hydrogen-bond acceptors (Lipinski definition) is 3. The zero-order valence-electron chi connectivity index (χ0n) is 9.55. The summed E-state index contributed by atoms with van der Waals surface area (Å²) < 4.78 is 0. The molecule has 0 saturated heterocycles. The fraction of sp³-hybridized carbons (Fsp3) is 0.900. The molecule has 0 radical (unpaired) electrons. The fourth-order valence-corrected chi connectivity index (χ4v) is 1.17. The molecule has 0 aromatic rings. The number of nitrogens with two attached hydrogens (primary N) is 1. The van der Waals surface area contributed by atoms with Crippen LogP contribution in [0.3, 0.4) is 0 Å². The average Bonchev–Trinajstić information content (AvgIpc) is 2.16. The second kappa shape index (κ2) is 7.76. The first-order valence-electron chi connectivity index (χ1n) is 5.33. The molecule has 0 aromatic carbocycles. The Labute approximate surface area is 86.8 Å². The normalized spacial score (nSPS) is 13.1. The zero-order valence-corrected chi connectivity index (χ0v) is 9.55. The number of nitrogens with zero attached hydrogens (tertiary/aromatic N) is 1. The summed E-state index contributed by atoms with van der Waals surface area (Å²) in [4.78, 5) is 13.2. The first kappa shape index (κ1) is 13.4. The lowest BCUT2D eigenvalue weighted by Gasteiger charge is -2.19. The van der Waals surface area contributed by atoms with Crippen molar-refractivity contribution in [3.8, 4) is 0 Å². The molecule has 0 aliphatic heterocycles. The van der Waals surface area contributed by atoms with Crippen molar-refractivity contribution in [1.82, 2.24) is 10.2 Å². The van der Waals surface area contributed by atoms with Crippen molar-refractivity contribution in [2.24, 2.45) is 5.73 Å². The molecule has 0 bridgehead atoms. The van der Waals surface area contributed by atoms with Crippen LogP contribution in [0, 0.1) is 0 Å². The van der Waals surface area contributed by atoms with Crippen LogP contribution in [0.1, 0.15) is 26.7 Å². The predicted molar refractivity (Wildman–Crippen MR) is 59.1 cm³/mol. The molecule has 1 atom stereocenters. The molecule has 1 amide bonds. The van der Waals surface area contributed by atoms with Gasteiger partial charge in [-0.2, -0.15) is 0 Å². The minimum Gasteiger partial charge on any atom is -0.368 e. The van der Waals surface area contributed by atoms with Gasteiger partial charge in [0.15, 0.2) is 0 Å². The van der Waals surface area contributed by atoms with Crippen molar-refractivity contribution < 1.29 is 4.79 Å². The number of hydrogen-bond donors (Lipinski definition) is 2. The molecule has 4 heteroatoms. The van der Waals surface area contributed by atoms with Gasteiger partial charge >= 0.3 is 0 Å². The second-order valence-corrected chi connectivity index (χ2v) is 3.59. The molecule has 0 aliphatic rings. The molecule has 84 valence electrons. The molecule has 4 nitrogen and oxygen atoms in total. The van der Waals surface area contributed by atoms with Gasteiger partial charge in [-0.25, -0.2) is 0 Å². The summed E-state index contributed by atoms with van der Waals surface area (Å²) in [7, 11) is 2.04. The lowest BCUT2D eigenvalue weighted by Crippen LogP contribution is -2.43. The summed E-state index contributed by atoms with van der Waals surface area (Å²) in [6.45, 7) is 6.92. The van der Waals surface area contributed by atoms with E-state index >= 15 is 0 Å². The quantitative estimate of drug-likeness (QED) is 0.589. The summed E-state index contributed by atoms with van der Waals surface area (Å²) >= 11 is 0. The van der Waals surface area contributed by atoms with E-state index in [-0.39, 0.29) is 11.9 Å². The Morgan fingerprint density at radius 2 is 2.14 bits per heavy atom. The molecule has 0 aromatic heterocycles. The van der Waals surface area contributed by atoms with Crippen LogP contribution in [0.2, 0.25) is 0 Å². The molecule has 14 heavy (non-hydrogen) atoms. The SMILES string of the molecule is CCCNC(CCN(C)CC)C(N)=O. The van der Waals surface area contributed by atoms with Crippen LogP contribution in [-0.2, 0) is 4.79 Å². The monoisotopic (exact) mass is 201 g/mol. The fourth-order valence-electron chi connectivity index (χ4n) is 1.17. The Morgan fingerprint density at radius 1 is 1.50 bits per heavy atom. The van der Waals surface area contributed by atoms with Gasteiger partial charge in [-0.05, 0) is 39.5 Å². The van der Waals surface area contributed by atoms with Crippen LogP contribution in [-0.4, -0.2) is 43.5 Å². The molecular formula is C10H23N3O. The van der Waals surface area contributed by atoms with Gasteiger partial charge in [0.1, 0.15) is 0 Å². The highest BCUT2D eigenvalue weighted by molar-refractivity contribution is 5.79. The highest BCUT2D eigenvalue weighted by atomic mass is 16.1. The minimum atomic E-state index is -0.247. The van der Waals surface area contributed by atoms with E-state index in [2.05, 4.69) is 24.1 Å². The maximum absolute atomic E-state index is 11.0. The van der Waals surface area contributed by atoms with Crippen molar-refractivity contribution in [3.05, 3.63) is 0 Å². The maximum atomic E-state index is 11.0. The molecule has 0 saturated carbocycles. The second-order valence-electron chi connectivity index (χ2n) is 3.59. The van der Waals surface area contributed by atoms with Crippen molar-refractivity contribution in [3.63, 3.8) is 0 Å². The van der Waals surface area contributed by atoms with Gasteiger partial charge in [-0.15, -0.1) is 0 Å². The highest BCUT2D eigenvalue weighted by Gasteiger charge is 2.13. The molecule has 0 heterocycles. The van der Waals surface area contributed by atoms with E-state index < -0.39 is 0 Å². The van der Waals surface area contributed by atoms with Crippen molar-refractivity contribution in [1.29, 1.82) is 0 Å². The molecule has 0 fully saturated rings. The van der Waals surface area contributed by atoms with Gasteiger partial charge in [0.05, 0.1) is 6.04 Å². The van der Waals surface area contributed by atoms with Gasteiger partial charge in [0.25, 0.3) is 0 Å². The van der Waals surface area contributed by atoms with Crippen LogP contribution in [0.25, 0.3) is 0 Å². The van der Waals surface area contributed by atoms with E-state index in [1.807, 2.05) is 7.05 Å². The lowest BCUT2D eigenvalue weighted by molar-refractivity contribution is -0.120. The van der Waals surface area contributed by atoms with E-state index in [0.717, 1.165) is 32.5 Å². The van der Waals surface area contributed by atoms with Crippen molar-refractivity contribution in [2.75, 3.05) is 26.7 Å². The third-order valence-electron chi connectivity index (χ3n) is 2.32. The third kappa shape index (κ3) is 5.94. The van der Waals surface area contributed by atoms with E-state index in [1.54, 1.807) is 0 Å². The average molecular weight is 201 g/mol. The van der Waals surface area contributed by atoms with Crippen LogP contribution in [0.5, 0.6) is 0 Å². The van der Waals surface area contributed by atoms with Gasteiger partial charge < -0.3 is 16.0 Å². The Morgan fingerprint density at radius 3 is 2.57 bits per heavy atom. The van der Waals surface area contributed by atoms with Crippen LogP contribution < -0.4 is 11.1 Å². The maximum Gasteiger partial charge on any atom is 0.234 e. The highest BCUT2D eigenvalue weighted by Crippen LogP contribution is 1.94. The number of nitrogens with one attached hydrogen (secondary N) is 1. The molecule has 0 aliphatic carbocycles. The Bertz CT molecular complexity index is 161. The molecule has 0 spiro atoms. The third-order valence-corrected chi connectivity index (χ3v) is 2.32. The first-order valence-corrected chi connectivity index (χ1v) is 5.33. The molecule has 1 unspecified atom stereocenters. The van der Waals surface area contributed by atoms with E-state index in [1.165, 1.54) is 0 Å². The summed E-state index contributed by atoms with van der Waals surface area (Å²) in [6, 6.07) is -0.177. The Balaban J connectivity index is 3.79. The summed E-state index contributed by atoms with van der Waals surface area (Å²) in [5.41, 5.74) is 5.29. The lowest BCUT2D eigenvalue weighted by atomic mass is 10.2. The topological polar surface area (TPSA) is 58.4 Å². The van der Waals surface area contributed by atoms with E-state index in [9.17, 15) is 4.79 Å². The Kier molecular flexibility index (Phi) is 7.42. The van der Waals surface area contributed by atoms with E-state index in [0.29, 0.717) is 0 Å². The Hall–Kier alpha value is -0.610. The standard InChI is InChI=1S/C10H23N3O/c1-4-7-12-9(10(11)14)6-8-13(3)5-2/h9,12H,4-8H2,1-3H3,(H2,11,14). The first-order chi connectivity index (χ1) is 6.61. The summed E-state index contributed by atoms with van der Waals surface area (Å²) in [6.07, 6.45) is 1.81. The summed E-state index contributed by atoms with van der Waals surface area (Å²) in [5, 5.41) is 3.15. The van der Waals surface area contributed by atoms with Gasteiger partial charge in [0.2, 0.25) is 5.91 Å². The molecule has 0 rings (SSSR count). The zero-order chi connectivity index (χ0) is 11.0.